The zero-order valence-electron chi connectivity index (χ0n) is 19.3. The monoisotopic (exact) mass is 456 g/mol. The number of fused-ring (bicyclic) bond motifs is 6. The smallest absolute Gasteiger partial charge is 0.257 e. The van der Waals surface area contributed by atoms with Crippen molar-refractivity contribution in [1.82, 2.24) is 14.8 Å². The number of carbonyl (C=O) groups is 3. The third-order valence-electron chi connectivity index (χ3n) is 7.75. The van der Waals surface area contributed by atoms with Crippen LogP contribution in [0.25, 0.3) is 10.9 Å². The summed E-state index contributed by atoms with van der Waals surface area (Å²) >= 11 is 0. The standard InChI is InChI=1S/C27H28N4O3/c1-27-14-12-25(33)31(27)23-10-5-3-8-19(23)26(34)30(27)15-6-11-24(32)29-16-13-22-20(17-29)18-7-2-4-9-21(18)28-22/h2-5,7-10,28H,6,11-17H2,1H3. The Morgan fingerprint density at radius 3 is 2.74 bits per heavy atom. The van der Waals surface area contributed by atoms with Crippen LogP contribution in [0.1, 0.15) is 54.2 Å². The molecule has 4 heterocycles. The number of nitrogens with zero attached hydrogens (tertiary/aromatic N) is 3. The van der Waals surface area contributed by atoms with Crippen molar-refractivity contribution < 1.29 is 14.4 Å². The van der Waals surface area contributed by atoms with Gasteiger partial charge >= 0.3 is 0 Å². The van der Waals surface area contributed by atoms with Crippen LogP contribution in [0.15, 0.2) is 48.5 Å². The molecule has 1 aromatic heterocycles. The van der Waals surface area contributed by atoms with Gasteiger partial charge in [-0.25, -0.2) is 0 Å². The quantitative estimate of drug-likeness (QED) is 0.648. The third-order valence-corrected chi connectivity index (χ3v) is 7.75. The van der Waals surface area contributed by atoms with Crippen LogP contribution in [0.3, 0.4) is 0 Å². The fourth-order valence-corrected chi connectivity index (χ4v) is 5.97. The molecule has 0 bridgehead atoms. The van der Waals surface area contributed by atoms with E-state index in [1.807, 2.05) is 47.1 Å². The lowest BCUT2D eigenvalue weighted by atomic mass is 9.97. The Kier molecular flexibility index (Phi) is 4.76. The predicted molar refractivity (Wildman–Crippen MR) is 129 cm³/mol. The van der Waals surface area contributed by atoms with Crippen LogP contribution in [0.4, 0.5) is 5.69 Å². The van der Waals surface area contributed by atoms with Gasteiger partial charge < -0.3 is 14.8 Å². The molecule has 1 fully saturated rings. The van der Waals surface area contributed by atoms with Crippen molar-refractivity contribution in [3.8, 4) is 0 Å². The largest absolute Gasteiger partial charge is 0.358 e. The topological polar surface area (TPSA) is 76.7 Å². The first kappa shape index (κ1) is 21.0. The summed E-state index contributed by atoms with van der Waals surface area (Å²) in [5, 5.41) is 1.19. The van der Waals surface area contributed by atoms with Gasteiger partial charge in [-0.3, -0.25) is 19.3 Å². The maximum atomic E-state index is 13.4. The molecule has 0 aliphatic carbocycles. The zero-order chi connectivity index (χ0) is 23.4. The second kappa shape index (κ2) is 7.72. The van der Waals surface area contributed by atoms with Crippen molar-refractivity contribution in [2.75, 3.05) is 18.0 Å². The first-order valence-electron chi connectivity index (χ1n) is 12.1. The average molecular weight is 457 g/mol. The van der Waals surface area contributed by atoms with Gasteiger partial charge in [0.1, 0.15) is 5.66 Å². The van der Waals surface area contributed by atoms with E-state index in [0.717, 1.165) is 11.9 Å². The molecule has 3 aromatic rings. The Morgan fingerprint density at radius 2 is 1.85 bits per heavy atom. The van der Waals surface area contributed by atoms with E-state index in [9.17, 15) is 14.4 Å². The summed E-state index contributed by atoms with van der Waals surface area (Å²) < 4.78 is 0. The Labute approximate surface area is 198 Å². The van der Waals surface area contributed by atoms with Crippen LogP contribution in [-0.4, -0.2) is 51.3 Å². The highest BCUT2D eigenvalue weighted by Crippen LogP contribution is 2.44. The fraction of sp³-hybridized carbons (Fsp3) is 0.370. The second-order valence-corrected chi connectivity index (χ2v) is 9.72. The van der Waals surface area contributed by atoms with Crippen LogP contribution >= 0.6 is 0 Å². The molecule has 1 unspecified atom stereocenters. The highest BCUT2D eigenvalue weighted by Gasteiger charge is 2.52. The number of carbonyl (C=O) groups excluding carboxylic acids is 3. The maximum Gasteiger partial charge on any atom is 0.257 e. The van der Waals surface area contributed by atoms with E-state index in [4.69, 9.17) is 0 Å². The molecule has 0 spiro atoms. The predicted octanol–water partition coefficient (Wildman–Crippen LogP) is 3.83. The first-order chi connectivity index (χ1) is 16.5. The minimum Gasteiger partial charge on any atom is -0.358 e. The highest BCUT2D eigenvalue weighted by molar-refractivity contribution is 6.10. The van der Waals surface area contributed by atoms with E-state index >= 15 is 0 Å². The third kappa shape index (κ3) is 3.06. The highest BCUT2D eigenvalue weighted by atomic mass is 16.2. The molecule has 1 N–H and O–H groups in total. The van der Waals surface area contributed by atoms with E-state index in [1.165, 1.54) is 16.6 Å². The molecule has 34 heavy (non-hydrogen) atoms. The number of rotatable bonds is 4. The van der Waals surface area contributed by atoms with Crippen molar-refractivity contribution in [3.05, 3.63) is 65.4 Å². The molecule has 0 radical (unpaired) electrons. The number of para-hydroxylation sites is 2. The molecule has 174 valence electrons. The molecule has 3 aliphatic rings. The van der Waals surface area contributed by atoms with E-state index in [2.05, 4.69) is 17.1 Å². The van der Waals surface area contributed by atoms with Gasteiger partial charge in [-0.15, -0.1) is 0 Å². The summed E-state index contributed by atoms with van der Waals surface area (Å²) in [4.78, 5) is 48.2. The van der Waals surface area contributed by atoms with Crippen molar-refractivity contribution in [3.63, 3.8) is 0 Å². The van der Waals surface area contributed by atoms with Crippen LogP contribution in [0.2, 0.25) is 0 Å². The molecule has 7 nitrogen and oxygen atoms in total. The maximum absolute atomic E-state index is 13.4. The fourth-order valence-electron chi connectivity index (χ4n) is 5.97. The molecule has 6 rings (SSSR count). The Hall–Kier alpha value is -3.61. The van der Waals surface area contributed by atoms with E-state index < -0.39 is 5.66 Å². The number of aromatic nitrogens is 1. The lowest BCUT2D eigenvalue weighted by Gasteiger charge is -2.48. The van der Waals surface area contributed by atoms with E-state index in [0.29, 0.717) is 56.6 Å². The van der Waals surface area contributed by atoms with Crippen LogP contribution in [-0.2, 0) is 22.6 Å². The second-order valence-electron chi connectivity index (χ2n) is 9.72. The van der Waals surface area contributed by atoms with Gasteiger partial charge in [0, 0.05) is 61.1 Å². The van der Waals surface area contributed by atoms with E-state index in [-0.39, 0.29) is 17.7 Å². The number of aromatic amines is 1. The van der Waals surface area contributed by atoms with Crippen LogP contribution in [0.5, 0.6) is 0 Å². The van der Waals surface area contributed by atoms with Crippen molar-refractivity contribution >= 4 is 34.3 Å². The SMILES string of the molecule is CC12CCC(=O)N1c1ccccc1C(=O)N2CCCC(=O)N1CCc2[nH]c3ccccc3c2C1. The molecule has 1 saturated heterocycles. The van der Waals surface area contributed by atoms with Crippen molar-refractivity contribution in [1.29, 1.82) is 0 Å². The number of H-pyrrole nitrogens is 1. The minimum absolute atomic E-state index is 0.0476. The van der Waals surface area contributed by atoms with Crippen LogP contribution in [0, 0.1) is 0 Å². The molecule has 0 saturated carbocycles. The van der Waals surface area contributed by atoms with Crippen LogP contribution < -0.4 is 4.90 Å². The Balaban J connectivity index is 1.16. The van der Waals surface area contributed by atoms with Gasteiger partial charge in [0.15, 0.2) is 0 Å². The van der Waals surface area contributed by atoms with Gasteiger partial charge in [-0.1, -0.05) is 30.3 Å². The lowest BCUT2D eigenvalue weighted by molar-refractivity contribution is -0.132. The number of hydrogen-bond acceptors (Lipinski definition) is 3. The average Bonchev–Trinajstić information content (AvgIpc) is 3.38. The van der Waals surface area contributed by atoms with Crippen molar-refractivity contribution in [2.24, 2.45) is 0 Å². The van der Waals surface area contributed by atoms with E-state index in [1.54, 1.807) is 11.0 Å². The summed E-state index contributed by atoms with van der Waals surface area (Å²) in [5.41, 5.74) is 4.15. The summed E-state index contributed by atoms with van der Waals surface area (Å²) in [6.07, 6.45) is 2.81. The number of benzene rings is 2. The van der Waals surface area contributed by atoms with Gasteiger partial charge in [0.25, 0.3) is 5.91 Å². The molecular weight excluding hydrogens is 428 g/mol. The molecule has 3 aliphatic heterocycles. The summed E-state index contributed by atoms with van der Waals surface area (Å²) in [6.45, 7) is 3.74. The van der Waals surface area contributed by atoms with Gasteiger partial charge in [-0.05, 0) is 38.0 Å². The normalized spacial score (nSPS) is 21.6. The zero-order valence-corrected chi connectivity index (χ0v) is 19.3. The Morgan fingerprint density at radius 1 is 1.06 bits per heavy atom. The molecule has 2 aromatic carbocycles. The molecule has 7 heteroatoms. The number of anilines is 1. The van der Waals surface area contributed by atoms with Crippen molar-refractivity contribution in [2.45, 2.75) is 51.2 Å². The molecular formula is C27H28N4O3. The van der Waals surface area contributed by atoms with Gasteiger partial charge in [0.05, 0.1) is 11.3 Å². The number of nitrogens with one attached hydrogen (secondary N) is 1. The minimum atomic E-state index is -0.671. The lowest BCUT2D eigenvalue weighted by Crippen LogP contribution is -2.62. The summed E-state index contributed by atoms with van der Waals surface area (Å²) in [6, 6.07) is 15.6. The van der Waals surface area contributed by atoms with Gasteiger partial charge in [0.2, 0.25) is 11.8 Å². The number of hydrogen-bond donors (Lipinski definition) is 1. The first-order valence-corrected chi connectivity index (χ1v) is 12.1. The summed E-state index contributed by atoms with van der Waals surface area (Å²) in [7, 11) is 0. The van der Waals surface area contributed by atoms with Gasteiger partial charge in [-0.2, -0.15) is 0 Å². The Bertz CT molecular complexity index is 1330. The summed E-state index contributed by atoms with van der Waals surface area (Å²) in [5.74, 6) is 0.106. The molecule has 3 amide bonds. The number of amides is 3. The molecule has 1 atom stereocenters.